The maximum Gasteiger partial charge on any atom is 0.351 e. The molecule has 0 aliphatic rings. The number of hydrogen-bond donors (Lipinski definition) is 0. The number of esters is 4. The molecule has 0 amide bonds. The topological polar surface area (TPSA) is 96.0 Å². The highest BCUT2D eigenvalue weighted by Crippen LogP contribution is 2.33. The van der Waals surface area contributed by atoms with E-state index in [1.165, 1.54) is 7.11 Å². The molecule has 7 heteroatoms. The summed E-state index contributed by atoms with van der Waals surface area (Å²) in [6.07, 6.45) is -0.633. The van der Waals surface area contributed by atoms with Gasteiger partial charge in [-0.05, 0) is 47.1 Å². The molecule has 0 aliphatic heterocycles. The van der Waals surface area contributed by atoms with Crippen LogP contribution < -0.4 is 0 Å². The van der Waals surface area contributed by atoms with Crippen molar-refractivity contribution in [1.29, 1.82) is 0 Å². The van der Waals surface area contributed by atoms with Crippen molar-refractivity contribution in [3.63, 3.8) is 0 Å². The number of carbonyl (C=O) groups excluding carboxylic acids is 4. The normalized spacial score (nSPS) is 14.0. The molecule has 0 saturated heterocycles. The van der Waals surface area contributed by atoms with Gasteiger partial charge in [0.05, 0.1) is 17.3 Å². The lowest BCUT2D eigenvalue weighted by Crippen LogP contribution is -2.44. The molecule has 154 valence electrons. The summed E-state index contributed by atoms with van der Waals surface area (Å²) in [6.45, 7) is 9.57. The molecular weight excluding hydrogens is 364 g/mol. The zero-order chi connectivity index (χ0) is 21.8. The summed E-state index contributed by atoms with van der Waals surface area (Å²) in [5.74, 6) is -3.53. The van der Waals surface area contributed by atoms with Crippen molar-refractivity contribution in [2.45, 2.75) is 53.6 Å². The zero-order valence-corrected chi connectivity index (χ0v) is 17.5. The SMILES string of the molecule is COC(CC(=O)OC(=O)C(C)(C)C)(C(=O)OC(=O)C(C)(C)C)c1ccccc1. The quantitative estimate of drug-likeness (QED) is 0.561. The van der Waals surface area contributed by atoms with Gasteiger partial charge in [-0.1, -0.05) is 30.3 Å². The second kappa shape index (κ2) is 8.65. The fourth-order valence-electron chi connectivity index (χ4n) is 2.09. The molecule has 7 nitrogen and oxygen atoms in total. The summed E-state index contributed by atoms with van der Waals surface area (Å²) >= 11 is 0. The Balaban J connectivity index is 3.25. The third-order valence-corrected chi connectivity index (χ3v) is 3.93. The van der Waals surface area contributed by atoms with Gasteiger partial charge < -0.3 is 14.2 Å². The second-order valence-corrected chi connectivity index (χ2v) is 8.51. The Bertz CT molecular complexity index is 738. The zero-order valence-electron chi connectivity index (χ0n) is 17.5. The summed E-state index contributed by atoms with van der Waals surface area (Å²) in [6, 6.07) is 8.13. The van der Waals surface area contributed by atoms with Crippen molar-refractivity contribution in [1.82, 2.24) is 0 Å². The lowest BCUT2D eigenvalue weighted by atomic mass is 9.89. The standard InChI is InChI=1S/C21H28O7/c1-19(2,3)16(23)27-15(22)13-21(26-7,14-11-9-8-10-12-14)18(25)28-17(24)20(4,5)6/h8-12H,13H2,1-7H3. The molecule has 28 heavy (non-hydrogen) atoms. The summed E-state index contributed by atoms with van der Waals surface area (Å²) in [5.41, 5.74) is -3.48. The van der Waals surface area contributed by atoms with Crippen molar-refractivity contribution in [2.75, 3.05) is 7.11 Å². The highest BCUT2D eigenvalue weighted by molar-refractivity contribution is 5.97. The molecule has 0 aromatic heterocycles. The van der Waals surface area contributed by atoms with E-state index < -0.39 is 46.7 Å². The lowest BCUT2D eigenvalue weighted by Gasteiger charge is -2.30. The molecule has 0 saturated carbocycles. The van der Waals surface area contributed by atoms with Gasteiger partial charge in [-0.3, -0.25) is 14.4 Å². The van der Waals surface area contributed by atoms with E-state index in [0.717, 1.165) is 0 Å². The average molecular weight is 392 g/mol. The molecule has 0 bridgehead atoms. The van der Waals surface area contributed by atoms with Crippen LogP contribution in [0, 0.1) is 10.8 Å². The number of methoxy groups -OCH3 is 1. The van der Waals surface area contributed by atoms with Crippen LogP contribution >= 0.6 is 0 Å². The Kier molecular flexibility index (Phi) is 7.26. The molecule has 0 aliphatic carbocycles. The van der Waals surface area contributed by atoms with Gasteiger partial charge in [-0.15, -0.1) is 0 Å². The van der Waals surface area contributed by atoms with Gasteiger partial charge in [0.25, 0.3) is 0 Å². The number of ether oxygens (including phenoxy) is 3. The van der Waals surface area contributed by atoms with Crippen LogP contribution in [0.15, 0.2) is 30.3 Å². The molecule has 0 N–H and O–H groups in total. The van der Waals surface area contributed by atoms with Crippen LogP contribution in [0.5, 0.6) is 0 Å². The van der Waals surface area contributed by atoms with Crippen molar-refractivity contribution < 1.29 is 33.4 Å². The Labute approximate surface area is 165 Å². The van der Waals surface area contributed by atoms with Crippen LogP contribution in [0.4, 0.5) is 0 Å². The lowest BCUT2D eigenvalue weighted by molar-refractivity contribution is -0.188. The molecule has 0 radical (unpaired) electrons. The number of carbonyl (C=O) groups is 4. The number of benzene rings is 1. The fraction of sp³-hybridized carbons (Fsp3) is 0.524. The molecule has 0 fully saturated rings. The Morgan fingerprint density at radius 2 is 1.21 bits per heavy atom. The largest absolute Gasteiger partial charge is 0.393 e. The molecular formula is C21H28O7. The molecule has 1 unspecified atom stereocenters. The first-order chi connectivity index (χ1) is 12.7. The van der Waals surface area contributed by atoms with Gasteiger partial charge in [-0.2, -0.15) is 0 Å². The summed E-state index contributed by atoms with van der Waals surface area (Å²) in [5, 5.41) is 0. The summed E-state index contributed by atoms with van der Waals surface area (Å²) in [7, 11) is 1.22. The van der Waals surface area contributed by atoms with E-state index in [4.69, 9.17) is 14.2 Å². The summed E-state index contributed by atoms with van der Waals surface area (Å²) in [4.78, 5) is 49.5. The minimum absolute atomic E-state index is 0.296. The highest BCUT2D eigenvalue weighted by Gasteiger charge is 2.47. The van der Waals surface area contributed by atoms with Gasteiger partial charge in [0.1, 0.15) is 0 Å². The van der Waals surface area contributed by atoms with E-state index in [1.807, 2.05) is 0 Å². The Morgan fingerprint density at radius 1 is 0.750 bits per heavy atom. The van der Waals surface area contributed by atoms with E-state index in [2.05, 4.69) is 0 Å². The maximum atomic E-state index is 12.9. The van der Waals surface area contributed by atoms with Crippen LogP contribution in [0.2, 0.25) is 0 Å². The second-order valence-electron chi connectivity index (χ2n) is 8.51. The van der Waals surface area contributed by atoms with Gasteiger partial charge in [0, 0.05) is 7.11 Å². The minimum Gasteiger partial charge on any atom is -0.393 e. The van der Waals surface area contributed by atoms with Gasteiger partial charge in [-0.25, -0.2) is 4.79 Å². The van der Waals surface area contributed by atoms with Crippen molar-refractivity contribution in [3.05, 3.63) is 35.9 Å². The molecule has 1 aromatic carbocycles. The van der Waals surface area contributed by atoms with E-state index in [1.54, 1.807) is 71.9 Å². The van der Waals surface area contributed by atoms with Crippen LogP contribution in [0.1, 0.15) is 53.5 Å². The van der Waals surface area contributed by atoms with E-state index in [0.29, 0.717) is 5.56 Å². The van der Waals surface area contributed by atoms with Gasteiger partial charge in [0.2, 0.25) is 5.60 Å². The molecule has 1 aromatic rings. The van der Waals surface area contributed by atoms with E-state index in [9.17, 15) is 19.2 Å². The predicted octanol–water partition coefficient (Wildman–Crippen LogP) is 3.15. The van der Waals surface area contributed by atoms with Crippen molar-refractivity contribution in [2.24, 2.45) is 10.8 Å². The Hall–Kier alpha value is -2.54. The number of hydrogen-bond acceptors (Lipinski definition) is 7. The Morgan fingerprint density at radius 3 is 1.64 bits per heavy atom. The van der Waals surface area contributed by atoms with Crippen LogP contribution in [0.3, 0.4) is 0 Å². The molecule has 1 atom stereocenters. The van der Waals surface area contributed by atoms with Gasteiger partial charge >= 0.3 is 23.9 Å². The van der Waals surface area contributed by atoms with Crippen LogP contribution in [0.25, 0.3) is 0 Å². The van der Waals surface area contributed by atoms with Crippen LogP contribution in [-0.4, -0.2) is 31.0 Å². The first kappa shape index (κ1) is 23.5. The van der Waals surface area contributed by atoms with Crippen molar-refractivity contribution in [3.8, 4) is 0 Å². The molecule has 0 spiro atoms. The van der Waals surface area contributed by atoms with Gasteiger partial charge in [0.15, 0.2) is 0 Å². The first-order valence-electron chi connectivity index (χ1n) is 8.86. The monoisotopic (exact) mass is 392 g/mol. The van der Waals surface area contributed by atoms with E-state index in [-0.39, 0.29) is 0 Å². The molecule has 1 rings (SSSR count). The van der Waals surface area contributed by atoms with Crippen LogP contribution in [-0.2, 0) is 39.0 Å². The predicted molar refractivity (Wildman–Crippen MR) is 101 cm³/mol. The first-order valence-corrected chi connectivity index (χ1v) is 8.86. The fourth-order valence-corrected chi connectivity index (χ4v) is 2.09. The summed E-state index contributed by atoms with van der Waals surface area (Å²) < 4.78 is 15.3. The minimum atomic E-state index is -1.93. The number of rotatable bonds is 5. The maximum absolute atomic E-state index is 12.9. The third-order valence-electron chi connectivity index (χ3n) is 3.93. The molecule has 0 heterocycles. The van der Waals surface area contributed by atoms with E-state index >= 15 is 0 Å². The van der Waals surface area contributed by atoms with Crippen molar-refractivity contribution >= 4 is 23.9 Å². The third kappa shape index (κ3) is 5.73. The average Bonchev–Trinajstić information content (AvgIpc) is 2.58. The highest BCUT2D eigenvalue weighted by atomic mass is 16.6. The smallest absolute Gasteiger partial charge is 0.351 e.